The Morgan fingerprint density at radius 3 is 2.29 bits per heavy atom. The Kier molecular flexibility index (Phi) is 3.73. The molecule has 0 spiro atoms. The van der Waals surface area contributed by atoms with E-state index in [4.69, 9.17) is 0 Å². The molecule has 1 aromatic rings. The van der Waals surface area contributed by atoms with Gasteiger partial charge in [0.05, 0.1) is 7.11 Å². The normalized spacial score (nSPS) is 10.1. The van der Waals surface area contributed by atoms with Crippen LogP contribution in [0.1, 0.15) is 40.1 Å². The van der Waals surface area contributed by atoms with E-state index in [9.17, 15) is 19.8 Å². The highest BCUT2D eigenvalue weighted by molar-refractivity contribution is 6.04. The van der Waals surface area contributed by atoms with Gasteiger partial charge in [0.2, 0.25) is 0 Å². The molecule has 0 aliphatic rings. The van der Waals surface area contributed by atoms with Gasteiger partial charge in [0.25, 0.3) is 0 Å². The lowest BCUT2D eigenvalue weighted by Gasteiger charge is -2.12. The van der Waals surface area contributed by atoms with Crippen molar-refractivity contribution in [3.63, 3.8) is 0 Å². The number of ether oxygens (including phenoxy) is 1. The summed E-state index contributed by atoms with van der Waals surface area (Å²) in [6.07, 6.45) is 0.427. The predicted molar refractivity (Wildman–Crippen MR) is 60.5 cm³/mol. The van der Waals surface area contributed by atoms with E-state index < -0.39 is 17.5 Å². The van der Waals surface area contributed by atoms with Gasteiger partial charge in [-0.1, -0.05) is 6.92 Å². The van der Waals surface area contributed by atoms with Crippen molar-refractivity contribution in [2.75, 3.05) is 7.11 Å². The Bertz CT molecular complexity index is 476. The topological polar surface area (TPSA) is 83.8 Å². The minimum Gasteiger partial charge on any atom is -0.507 e. The molecule has 0 saturated carbocycles. The lowest BCUT2D eigenvalue weighted by molar-refractivity contribution is 0.0597. The highest BCUT2D eigenvalue weighted by Crippen LogP contribution is 2.35. The lowest BCUT2D eigenvalue weighted by atomic mass is 9.98. The third-order valence-corrected chi connectivity index (χ3v) is 2.49. The van der Waals surface area contributed by atoms with E-state index >= 15 is 0 Å². The van der Waals surface area contributed by atoms with Crippen LogP contribution in [0.3, 0.4) is 0 Å². The summed E-state index contributed by atoms with van der Waals surface area (Å²) in [5.74, 6) is -2.09. The fourth-order valence-electron chi connectivity index (χ4n) is 1.59. The SMILES string of the molecule is CCc1cc(C(=O)OC)c(O)c(C(C)=O)c1O. The largest absolute Gasteiger partial charge is 0.507 e. The number of methoxy groups -OCH3 is 1. The van der Waals surface area contributed by atoms with Crippen LogP contribution in [0.4, 0.5) is 0 Å². The monoisotopic (exact) mass is 238 g/mol. The Morgan fingerprint density at radius 2 is 1.88 bits per heavy atom. The van der Waals surface area contributed by atoms with Gasteiger partial charge >= 0.3 is 5.97 Å². The molecule has 0 fully saturated rings. The average Bonchev–Trinajstić information content (AvgIpc) is 2.28. The fraction of sp³-hybridized carbons (Fsp3) is 0.333. The Labute approximate surface area is 98.6 Å². The Morgan fingerprint density at radius 1 is 1.29 bits per heavy atom. The maximum Gasteiger partial charge on any atom is 0.341 e. The van der Waals surface area contributed by atoms with Gasteiger partial charge in [0.15, 0.2) is 5.78 Å². The van der Waals surface area contributed by atoms with Gasteiger partial charge in [0.1, 0.15) is 22.6 Å². The fourth-order valence-corrected chi connectivity index (χ4v) is 1.59. The molecule has 0 atom stereocenters. The Hall–Kier alpha value is -2.04. The van der Waals surface area contributed by atoms with E-state index in [0.717, 1.165) is 0 Å². The minimum atomic E-state index is -0.750. The maximum atomic E-state index is 11.4. The number of aromatic hydroxyl groups is 2. The van der Waals surface area contributed by atoms with Crippen LogP contribution in [-0.4, -0.2) is 29.1 Å². The molecule has 0 aliphatic carbocycles. The lowest BCUT2D eigenvalue weighted by Crippen LogP contribution is -2.07. The molecule has 0 bridgehead atoms. The Balaban J connectivity index is 3.59. The number of hydrogen-bond donors (Lipinski definition) is 2. The number of ketones is 1. The summed E-state index contributed by atoms with van der Waals surface area (Å²) < 4.78 is 4.50. The number of esters is 1. The highest BCUT2D eigenvalue weighted by atomic mass is 16.5. The second-order valence-electron chi connectivity index (χ2n) is 3.56. The molecule has 92 valence electrons. The molecule has 0 aliphatic heterocycles. The summed E-state index contributed by atoms with van der Waals surface area (Å²) >= 11 is 0. The standard InChI is InChI=1S/C12H14O5/c1-4-7-5-8(12(16)17-3)11(15)9(6(2)13)10(7)14/h5,14-15H,4H2,1-3H3. The number of rotatable bonds is 3. The van der Waals surface area contributed by atoms with Crippen molar-refractivity contribution < 1.29 is 24.5 Å². The van der Waals surface area contributed by atoms with Crippen LogP contribution in [0, 0.1) is 0 Å². The molecule has 2 N–H and O–H groups in total. The summed E-state index contributed by atoms with van der Waals surface area (Å²) in [5, 5.41) is 19.6. The molecule has 0 heterocycles. The quantitative estimate of drug-likeness (QED) is 0.618. The van der Waals surface area contributed by atoms with Gasteiger partial charge < -0.3 is 14.9 Å². The smallest absolute Gasteiger partial charge is 0.341 e. The average molecular weight is 238 g/mol. The van der Waals surface area contributed by atoms with Gasteiger partial charge in [-0.3, -0.25) is 4.79 Å². The van der Waals surface area contributed by atoms with Crippen molar-refractivity contribution in [2.24, 2.45) is 0 Å². The van der Waals surface area contributed by atoms with Gasteiger partial charge in [-0.25, -0.2) is 4.79 Å². The van der Waals surface area contributed by atoms with Crippen LogP contribution < -0.4 is 0 Å². The predicted octanol–water partition coefficient (Wildman–Crippen LogP) is 1.65. The van der Waals surface area contributed by atoms with E-state index in [-0.39, 0.29) is 16.9 Å². The zero-order chi connectivity index (χ0) is 13.2. The number of aryl methyl sites for hydroxylation is 1. The maximum absolute atomic E-state index is 11.4. The summed E-state index contributed by atoms with van der Waals surface area (Å²) in [5.41, 5.74) is 0.0468. The number of carbonyl (C=O) groups is 2. The first-order valence-electron chi connectivity index (χ1n) is 5.11. The highest BCUT2D eigenvalue weighted by Gasteiger charge is 2.23. The van der Waals surface area contributed by atoms with Crippen molar-refractivity contribution in [1.29, 1.82) is 0 Å². The zero-order valence-electron chi connectivity index (χ0n) is 9.90. The van der Waals surface area contributed by atoms with Crippen molar-refractivity contribution in [1.82, 2.24) is 0 Å². The van der Waals surface area contributed by atoms with E-state index in [0.29, 0.717) is 12.0 Å². The third kappa shape index (κ3) is 2.22. The van der Waals surface area contributed by atoms with Crippen molar-refractivity contribution in [3.05, 3.63) is 22.8 Å². The molecule has 5 nitrogen and oxygen atoms in total. The summed E-state index contributed by atoms with van der Waals surface area (Å²) in [7, 11) is 1.17. The van der Waals surface area contributed by atoms with E-state index in [1.54, 1.807) is 6.92 Å². The van der Waals surface area contributed by atoms with Crippen molar-refractivity contribution in [3.8, 4) is 11.5 Å². The van der Waals surface area contributed by atoms with Crippen LogP contribution >= 0.6 is 0 Å². The molecule has 0 saturated heterocycles. The van der Waals surface area contributed by atoms with E-state index in [1.807, 2.05) is 0 Å². The summed E-state index contributed by atoms with van der Waals surface area (Å²) in [6.45, 7) is 2.96. The molecule has 0 unspecified atom stereocenters. The zero-order valence-corrected chi connectivity index (χ0v) is 9.90. The molecule has 17 heavy (non-hydrogen) atoms. The van der Waals surface area contributed by atoms with Crippen molar-refractivity contribution in [2.45, 2.75) is 20.3 Å². The van der Waals surface area contributed by atoms with Gasteiger partial charge in [-0.15, -0.1) is 0 Å². The summed E-state index contributed by atoms with van der Waals surface area (Å²) in [6, 6.07) is 1.32. The van der Waals surface area contributed by atoms with Crippen LogP contribution in [0.25, 0.3) is 0 Å². The van der Waals surface area contributed by atoms with E-state index in [1.165, 1.54) is 20.1 Å². The second-order valence-corrected chi connectivity index (χ2v) is 3.56. The molecule has 0 amide bonds. The number of phenols is 2. The van der Waals surface area contributed by atoms with Gasteiger partial charge in [0, 0.05) is 0 Å². The molecule has 0 aromatic heterocycles. The van der Waals surface area contributed by atoms with Crippen molar-refractivity contribution >= 4 is 11.8 Å². The number of hydrogen-bond acceptors (Lipinski definition) is 5. The summed E-state index contributed by atoms with van der Waals surface area (Å²) in [4.78, 5) is 22.8. The van der Waals surface area contributed by atoms with Crippen LogP contribution in [0.2, 0.25) is 0 Å². The number of Topliss-reactive ketones (excluding diaryl/α,β-unsaturated/α-hetero) is 1. The minimum absolute atomic E-state index is 0.118. The molecular weight excluding hydrogens is 224 g/mol. The molecule has 1 aromatic carbocycles. The van der Waals surface area contributed by atoms with Gasteiger partial charge in [-0.2, -0.15) is 0 Å². The molecule has 1 rings (SSSR count). The van der Waals surface area contributed by atoms with Crippen LogP contribution in [0.15, 0.2) is 6.07 Å². The number of phenolic OH excluding ortho intramolecular Hbond substituents is 2. The first-order valence-corrected chi connectivity index (χ1v) is 5.11. The number of benzene rings is 1. The third-order valence-electron chi connectivity index (χ3n) is 2.49. The van der Waals surface area contributed by atoms with E-state index in [2.05, 4.69) is 4.74 Å². The number of carbonyl (C=O) groups excluding carboxylic acids is 2. The molecule has 5 heteroatoms. The first-order chi connectivity index (χ1) is 7.93. The van der Waals surface area contributed by atoms with Gasteiger partial charge in [-0.05, 0) is 25.0 Å². The van der Waals surface area contributed by atoms with Crippen LogP contribution in [0.5, 0.6) is 11.5 Å². The van der Waals surface area contributed by atoms with Crippen LogP contribution in [-0.2, 0) is 11.2 Å². The second kappa shape index (κ2) is 4.86. The first kappa shape index (κ1) is 13.0. The molecular formula is C12H14O5. The molecule has 0 radical (unpaired) electrons.